The average Bonchev–Trinajstić information content (AvgIpc) is 3.19. The molecule has 30 heavy (non-hydrogen) atoms. The van der Waals surface area contributed by atoms with Crippen molar-refractivity contribution in [3.8, 4) is 0 Å². The van der Waals surface area contributed by atoms with Gasteiger partial charge in [0, 0.05) is 44.8 Å². The van der Waals surface area contributed by atoms with Crippen molar-refractivity contribution in [3.63, 3.8) is 0 Å². The molecule has 2 aliphatic heterocycles. The number of nitrogens with two attached hydrogens (primary N) is 1. The first-order valence-corrected chi connectivity index (χ1v) is 10.3. The fourth-order valence-electron chi connectivity index (χ4n) is 3.95. The van der Waals surface area contributed by atoms with Gasteiger partial charge in [-0.25, -0.2) is 4.79 Å². The van der Waals surface area contributed by atoms with Gasteiger partial charge in [0.25, 0.3) is 0 Å². The van der Waals surface area contributed by atoms with Gasteiger partial charge < -0.3 is 25.0 Å². The molecule has 2 aromatic rings. The third-order valence-electron chi connectivity index (χ3n) is 5.73. The molecular weight excluding hydrogens is 382 g/mol. The summed E-state index contributed by atoms with van der Waals surface area (Å²) in [6, 6.07) is 17.7. The minimum Gasteiger partial charge on any atom is -0.461 e. The van der Waals surface area contributed by atoms with Crippen LogP contribution in [0.5, 0.6) is 0 Å². The summed E-state index contributed by atoms with van der Waals surface area (Å²) < 4.78 is 10.7. The first-order chi connectivity index (χ1) is 14.6. The van der Waals surface area contributed by atoms with E-state index in [1.165, 1.54) is 0 Å². The number of cyclic esters (lactones) is 1. The van der Waals surface area contributed by atoms with Gasteiger partial charge in [-0.15, -0.1) is 0 Å². The Balaban J connectivity index is 1.28. The van der Waals surface area contributed by atoms with Gasteiger partial charge >= 0.3 is 12.1 Å². The summed E-state index contributed by atoms with van der Waals surface area (Å²) in [5, 5.41) is 0. The SMILES string of the molecule is NCC1C[C@H](c2ccc(N3CCN(C(=O)OCc4ccccc4)CC3)cc2)C(=O)O1. The van der Waals surface area contributed by atoms with Crippen molar-refractivity contribution in [1.29, 1.82) is 0 Å². The number of hydrogen-bond donors (Lipinski definition) is 1. The van der Waals surface area contributed by atoms with Crippen molar-refractivity contribution < 1.29 is 19.1 Å². The maximum atomic E-state index is 12.3. The van der Waals surface area contributed by atoms with E-state index in [-0.39, 0.29) is 30.7 Å². The van der Waals surface area contributed by atoms with Gasteiger partial charge in [0.05, 0.1) is 5.92 Å². The van der Waals surface area contributed by atoms with Crippen LogP contribution in [0.4, 0.5) is 10.5 Å². The standard InChI is InChI=1S/C23H27N3O4/c24-15-20-14-21(22(27)30-20)18-6-8-19(9-7-18)25-10-12-26(13-11-25)23(28)29-16-17-4-2-1-3-5-17/h1-9,20-21H,10-16,24H2/t20?,21-/m1/s1. The lowest BCUT2D eigenvalue weighted by atomic mass is 9.95. The fourth-order valence-corrected chi connectivity index (χ4v) is 3.95. The summed E-state index contributed by atoms with van der Waals surface area (Å²) in [5.74, 6) is -0.426. The molecule has 2 aliphatic rings. The lowest BCUT2D eigenvalue weighted by Gasteiger charge is -2.35. The Kier molecular flexibility index (Phi) is 6.18. The summed E-state index contributed by atoms with van der Waals surface area (Å²) in [6.07, 6.45) is 0.179. The van der Waals surface area contributed by atoms with E-state index in [0.29, 0.717) is 26.1 Å². The monoisotopic (exact) mass is 409 g/mol. The molecular formula is C23H27N3O4. The van der Waals surface area contributed by atoms with Crippen molar-refractivity contribution >= 4 is 17.7 Å². The zero-order valence-electron chi connectivity index (χ0n) is 16.9. The molecule has 4 rings (SSSR count). The molecule has 158 valence electrons. The van der Waals surface area contributed by atoms with Crippen molar-refractivity contribution in [3.05, 3.63) is 65.7 Å². The van der Waals surface area contributed by atoms with E-state index in [0.717, 1.165) is 29.9 Å². The third kappa shape index (κ3) is 4.57. The highest BCUT2D eigenvalue weighted by Crippen LogP contribution is 2.31. The van der Waals surface area contributed by atoms with Crippen LogP contribution in [0, 0.1) is 0 Å². The van der Waals surface area contributed by atoms with Crippen molar-refractivity contribution in [2.75, 3.05) is 37.6 Å². The van der Waals surface area contributed by atoms with E-state index >= 15 is 0 Å². The normalized spacial score (nSPS) is 21.4. The summed E-state index contributed by atoms with van der Waals surface area (Å²) >= 11 is 0. The Morgan fingerprint density at radius 3 is 2.37 bits per heavy atom. The van der Waals surface area contributed by atoms with Crippen LogP contribution in [0.3, 0.4) is 0 Å². The van der Waals surface area contributed by atoms with Crippen molar-refractivity contribution in [1.82, 2.24) is 4.90 Å². The number of rotatable bonds is 5. The molecule has 7 heteroatoms. The Morgan fingerprint density at radius 2 is 1.73 bits per heavy atom. The van der Waals surface area contributed by atoms with Crippen LogP contribution in [0.1, 0.15) is 23.5 Å². The van der Waals surface area contributed by atoms with Crippen molar-refractivity contribution in [2.24, 2.45) is 5.73 Å². The van der Waals surface area contributed by atoms with Crippen LogP contribution < -0.4 is 10.6 Å². The van der Waals surface area contributed by atoms with E-state index in [1.807, 2.05) is 54.6 Å². The Bertz CT molecular complexity index is 864. The molecule has 0 radical (unpaired) electrons. The second-order valence-corrected chi connectivity index (χ2v) is 7.69. The lowest BCUT2D eigenvalue weighted by Crippen LogP contribution is -2.48. The number of esters is 1. The fraction of sp³-hybridized carbons (Fsp3) is 0.391. The summed E-state index contributed by atoms with van der Waals surface area (Å²) in [6.45, 7) is 3.35. The number of carbonyl (C=O) groups excluding carboxylic acids is 2. The molecule has 1 unspecified atom stereocenters. The van der Waals surface area contributed by atoms with Gasteiger partial charge in [-0.05, 0) is 23.3 Å². The minimum absolute atomic E-state index is 0.183. The minimum atomic E-state index is -0.275. The van der Waals surface area contributed by atoms with Crippen molar-refractivity contribution in [2.45, 2.75) is 25.0 Å². The molecule has 0 bridgehead atoms. The molecule has 2 saturated heterocycles. The molecule has 7 nitrogen and oxygen atoms in total. The second kappa shape index (κ2) is 9.17. The van der Waals surface area contributed by atoms with Crippen LogP contribution in [0.2, 0.25) is 0 Å². The van der Waals surface area contributed by atoms with Gasteiger partial charge in [-0.2, -0.15) is 0 Å². The number of ether oxygens (including phenoxy) is 2. The highest BCUT2D eigenvalue weighted by Gasteiger charge is 2.34. The van der Waals surface area contributed by atoms with Crippen LogP contribution in [0.25, 0.3) is 0 Å². The van der Waals surface area contributed by atoms with E-state index in [9.17, 15) is 9.59 Å². The van der Waals surface area contributed by atoms with E-state index in [1.54, 1.807) is 4.90 Å². The van der Waals surface area contributed by atoms with E-state index in [2.05, 4.69) is 4.90 Å². The first-order valence-electron chi connectivity index (χ1n) is 10.3. The summed E-state index contributed by atoms with van der Waals surface area (Å²) in [4.78, 5) is 28.3. The predicted molar refractivity (Wildman–Crippen MR) is 113 cm³/mol. The molecule has 2 aromatic carbocycles. The Hall–Kier alpha value is -3.06. The zero-order valence-corrected chi connectivity index (χ0v) is 16.9. The summed E-state index contributed by atoms with van der Waals surface area (Å²) in [5.41, 5.74) is 8.64. The van der Waals surface area contributed by atoms with E-state index < -0.39 is 0 Å². The second-order valence-electron chi connectivity index (χ2n) is 7.69. The van der Waals surface area contributed by atoms with Gasteiger partial charge in [0.2, 0.25) is 0 Å². The topological polar surface area (TPSA) is 85.1 Å². The molecule has 2 N–H and O–H groups in total. The quantitative estimate of drug-likeness (QED) is 0.764. The highest BCUT2D eigenvalue weighted by atomic mass is 16.6. The Morgan fingerprint density at radius 1 is 1.03 bits per heavy atom. The smallest absolute Gasteiger partial charge is 0.410 e. The number of anilines is 1. The number of nitrogens with zero attached hydrogens (tertiary/aromatic N) is 2. The predicted octanol–water partition coefficient (Wildman–Crippen LogP) is 2.50. The third-order valence-corrected chi connectivity index (χ3v) is 5.73. The molecule has 0 saturated carbocycles. The molecule has 1 amide bonds. The summed E-state index contributed by atoms with van der Waals surface area (Å²) in [7, 11) is 0. The number of carbonyl (C=O) groups is 2. The largest absolute Gasteiger partial charge is 0.461 e. The van der Waals surface area contributed by atoms with Gasteiger partial charge in [-0.3, -0.25) is 4.79 Å². The number of hydrogen-bond acceptors (Lipinski definition) is 6. The van der Waals surface area contributed by atoms with Crippen LogP contribution in [-0.4, -0.2) is 55.8 Å². The highest BCUT2D eigenvalue weighted by molar-refractivity contribution is 5.80. The molecule has 2 fully saturated rings. The Labute approximate surface area is 176 Å². The maximum Gasteiger partial charge on any atom is 0.410 e. The number of piperazine rings is 1. The molecule has 2 heterocycles. The maximum absolute atomic E-state index is 12.3. The molecule has 0 aromatic heterocycles. The van der Waals surface area contributed by atoms with Crippen LogP contribution >= 0.6 is 0 Å². The van der Waals surface area contributed by atoms with Gasteiger partial charge in [-0.1, -0.05) is 42.5 Å². The first kappa shape index (κ1) is 20.2. The number of benzene rings is 2. The molecule has 2 atom stereocenters. The van der Waals surface area contributed by atoms with Crippen LogP contribution in [-0.2, 0) is 20.9 Å². The number of amides is 1. The van der Waals surface area contributed by atoms with Gasteiger partial charge in [0.1, 0.15) is 12.7 Å². The average molecular weight is 409 g/mol. The van der Waals surface area contributed by atoms with E-state index in [4.69, 9.17) is 15.2 Å². The van der Waals surface area contributed by atoms with Crippen LogP contribution in [0.15, 0.2) is 54.6 Å². The molecule has 0 spiro atoms. The van der Waals surface area contributed by atoms with Gasteiger partial charge in [0.15, 0.2) is 0 Å². The molecule has 0 aliphatic carbocycles. The zero-order chi connectivity index (χ0) is 20.9. The lowest BCUT2D eigenvalue weighted by molar-refractivity contribution is -0.142.